The fourth-order valence-corrected chi connectivity index (χ4v) is 6.70. The van der Waals surface area contributed by atoms with Gasteiger partial charge in [0.25, 0.3) is 15.9 Å². The number of imidazole rings is 1. The fourth-order valence-electron chi connectivity index (χ4n) is 5.67. The largest absolute Gasteiger partial charge is 0.490 e. The molecular weight excluding hydrogens is 663 g/mol. The van der Waals surface area contributed by atoms with E-state index >= 15 is 0 Å². The lowest BCUT2D eigenvalue weighted by atomic mass is 10.0. The van der Waals surface area contributed by atoms with Crippen LogP contribution in [0.4, 0.5) is 18.9 Å². The van der Waals surface area contributed by atoms with Gasteiger partial charge in [0.05, 0.1) is 42.3 Å². The number of sulfonamides is 1. The molecule has 1 aromatic heterocycles. The van der Waals surface area contributed by atoms with Crippen molar-refractivity contribution in [3.05, 3.63) is 71.7 Å². The lowest BCUT2D eigenvalue weighted by molar-refractivity contribution is -0.137. The number of ether oxygens (including phenoxy) is 2. The third-order valence-corrected chi connectivity index (χ3v) is 9.75. The second-order valence-electron chi connectivity index (χ2n) is 12.9. The number of alkyl halides is 3. The third-order valence-electron chi connectivity index (χ3n) is 8.49. The second-order valence-corrected chi connectivity index (χ2v) is 14.5. The van der Waals surface area contributed by atoms with Crippen LogP contribution in [0.5, 0.6) is 5.75 Å². The number of likely N-dealkylation sites (N-methyl/N-ethyl adjacent to an activating group) is 1. The molecule has 1 amide bonds. The molecule has 15 heteroatoms. The number of amides is 1. The van der Waals surface area contributed by atoms with Gasteiger partial charge in [-0.3, -0.25) is 14.4 Å². The number of aryl methyl sites for hydroxylation is 1. The zero-order chi connectivity index (χ0) is 35.9. The predicted octanol–water partition coefficient (Wildman–Crippen LogP) is 5.17. The fraction of sp³-hybridized carbons (Fsp3) is 0.529. The van der Waals surface area contributed by atoms with Crippen LogP contribution >= 0.6 is 0 Å². The van der Waals surface area contributed by atoms with Gasteiger partial charge in [-0.15, -0.1) is 0 Å². The van der Waals surface area contributed by atoms with Crippen molar-refractivity contribution in [2.75, 3.05) is 38.1 Å². The molecular formula is C34H46F3N5O6S. The SMILES string of the molecule is C[C@@H]1CCCCO[C@H](CN(C)Cc2ccc(C(F)(F)F)cc2)[C@@H](C)CN([C@H](C)CO)C(=O)c2cc(NS(=O)(=O)c3cn(C)cn3)ccc2O1. The molecule has 2 N–H and O–H groups in total. The molecule has 0 unspecified atom stereocenters. The Morgan fingerprint density at radius 3 is 2.49 bits per heavy atom. The summed E-state index contributed by atoms with van der Waals surface area (Å²) in [6.45, 7) is 6.73. The number of fused-ring (bicyclic) bond motifs is 1. The van der Waals surface area contributed by atoms with Gasteiger partial charge in [-0.25, -0.2) is 4.98 Å². The standard InChI is InChI=1S/C34H46F3N5O6S/c1-23-17-42(24(2)21-43)33(44)29-16-28(39-49(45,46)32-20-41(5)22-38-32)13-14-30(29)48-25(3)8-6-7-15-47-31(23)19-40(4)18-26-9-11-27(12-10-26)34(35,36)37/h9-14,16,20,22-25,31,39,43H,6-8,15,17-19,21H2,1-5H3/t23-,24+,25+,31+/m0/s1. The number of halogens is 3. The number of hydrogen-bond acceptors (Lipinski definition) is 8. The number of hydrogen-bond donors (Lipinski definition) is 2. The van der Waals surface area contributed by atoms with Crippen LogP contribution in [-0.4, -0.2) is 90.4 Å². The Morgan fingerprint density at radius 2 is 1.86 bits per heavy atom. The van der Waals surface area contributed by atoms with E-state index in [1.54, 1.807) is 20.0 Å². The summed E-state index contributed by atoms with van der Waals surface area (Å²) >= 11 is 0. The first-order chi connectivity index (χ1) is 23.1. The Morgan fingerprint density at radius 1 is 1.14 bits per heavy atom. The summed E-state index contributed by atoms with van der Waals surface area (Å²) in [5, 5.41) is 10.0. The van der Waals surface area contributed by atoms with Crippen molar-refractivity contribution < 1.29 is 41.0 Å². The minimum absolute atomic E-state index is 0.134. The quantitative estimate of drug-likeness (QED) is 0.312. The van der Waals surface area contributed by atoms with E-state index in [0.29, 0.717) is 31.9 Å². The molecule has 11 nitrogen and oxygen atoms in total. The molecule has 2 heterocycles. The number of benzene rings is 2. The number of aromatic nitrogens is 2. The van der Waals surface area contributed by atoms with Crippen LogP contribution in [0, 0.1) is 5.92 Å². The molecule has 49 heavy (non-hydrogen) atoms. The van der Waals surface area contributed by atoms with Crippen LogP contribution in [0.1, 0.15) is 61.5 Å². The molecule has 0 saturated heterocycles. The number of rotatable bonds is 9. The maximum atomic E-state index is 14.3. The van der Waals surface area contributed by atoms with Gasteiger partial charge in [0.1, 0.15) is 5.75 Å². The smallest absolute Gasteiger partial charge is 0.416 e. The average molecular weight is 710 g/mol. The molecule has 4 rings (SSSR count). The van der Waals surface area contributed by atoms with Crippen LogP contribution in [0.2, 0.25) is 0 Å². The monoisotopic (exact) mass is 709 g/mol. The Kier molecular flexibility index (Phi) is 12.7. The number of carbonyl (C=O) groups is 1. The highest BCUT2D eigenvalue weighted by atomic mass is 32.2. The Hall–Kier alpha value is -3.66. The van der Waals surface area contributed by atoms with Crippen LogP contribution in [0.15, 0.2) is 60.0 Å². The van der Waals surface area contributed by atoms with Gasteiger partial charge in [-0.05, 0) is 76.1 Å². The number of anilines is 1. The summed E-state index contributed by atoms with van der Waals surface area (Å²) in [4.78, 5) is 21.8. The summed E-state index contributed by atoms with van der Waals surface area (Å²) < 4.78 is 81.9. The normalized spacial score (nSPS) is 20.7. The molecule has 0 saturated carbocycles. The van der Waals surface area contributed by atoms with Crippen molar-refractivity contribution >= 4 is 21.6 Å². The zero-order valence-corrected chi connectivity index (χ0v) is 29.3. The van der Waals surface area contributed by atoms with Crippen molar-refractivity contribution in [2.45, 2.75) is 76.0 Å². The summed E-state index contributed by atoms with van der Waals surface area (Å²) in [7, 11) is -0.534. The Labute approximate surface area is 286 Å². The highest BCUT2D eigenvalue weighted by Gasteiger charge is 2.32. The Balaban J connectivity index is 1.60. The van der Waals surface area contributed by atoms with E-state index < -0.39 is 33.7 Å². The number of nitrogens with zero attached hydrogens (tertiary/aromatic N) is 4. The highest BCUT2D eigenvalue weighted by molar-refractivity contribution is 7.92. The van der Waals surface area contributed by atoms with Gasteiger partial charge in [0.2, 0.25) is 0 Å². The van der Waals surface area contributed by atoms with E-state index in [1.165, 1.54) is 46.3 Å². The lowest BCUT2D eigenvalue weighted by Gasteiger charge is -2.36. The summed E-state index contributed by atoms with van der Waals surface area (Å²) in [6, 6.07) is 9.00. The van der Waals surface area contributed by atoms with Crippen molar-refractivity contribution in [3.8, 4) is 5.75 Å². The first-order valence-corrected chi connectivity index (χ1v) is 17.7. The molecule has 270 valence electrons. The molecule has 3 aromatic rings. The van der Waals surface area contributed by atoms with Crippen LogP contribution < -0.4 is 9.46 Å². The number of carbonyl (C=O) groups excluding carboxylic acids is 1. The summed E-state index contributed by atoms with van der Waals surface area (Å²) in [5.74, 6) is -0.393. The molecule has 0 bridgehead atoms. The first-order valence-electron chi connectivity index (χ1n) is 16.3. The lowest BCUT2D eigenvalue weighted by Crippen LogP contribution is -2.47. The number of nitrogens with one attached hydrogen (secondary N) is 1. The maximum Gasteiger partial charge on any atom is 0.416 e. The van der Waals surface area contributed by atoms with Crippen molar-refractivity contribution in [2.24, 2.45) is 13.0 Å². The molecule has 0 radical (unpaired) electrons. The van der Waals surface area contributed by atoms with E-state index in [4.69, 9.17) is 9.47 Å². The van der Waals surface area contributed by atoms with E-state index in [2.05, 4.69) is 9.71 Å². The van der Waals surface area contributed by atoms with Crippen molar-refractivity contribution in [3.63, 3.8) is 0 Å². The molecule has 2 aromatic carbocycles. The second kappa shape index (κ2) is 16.4. The van der Waals surface area contributed by atoms with Gasteiger partial charge in [-0.1, -0.05) is 19.1 Å². The van der Waals surface area contributed by atoms with Gasteiger partial charge in [-0.2, -0.15) is 21.6 Å². The van der Waals surface area contributed by atoms with E-state index in [9.17, 15) is 31.5 Å². The third kappa shape index (κ3) is 10.4. The molecule has 0 aliphatic carbocycles. The minimum Gasteiger partial charge on any atom is -0.490 e. The molecule has 1 aliphatic heterocycles. The van der Waals surface area contributed by atoms with E-state index in [0.717, 1.165) is 30.5 Å². The summed E-state index contributed by atoms with van der Waals surface area (Å²) in [5.41, 5.74) is 0.291. The summed E-state index contributed by atoms with van der Waals surface area (Å²) in [6.07, 6.45) is -0.0614. The van der Waals surface area contributed by atoms with Crippen LogP contribution in [-0.2, 0) is 34.5 Å². The van der Waals surface area contributed by atoms with Crippen molar-refractivity contribution in [1.82, 2.24) is 19.4 Å². The predicted molar refractivity (Wildman–Crippen MR) is 179 cm³/mol. The maximum absolute atomic E-state index is 14.3. The average Bonchev–Trinajstić information content (AvgIpc) is 3.49. The topological polar surface area (TPSA) is 126 Å². The molecule has 1 aliphatic rings. The van der Waals surface area contributed by atoms with Gasteiger partial charge in [0, 0.05) is 51.1 Å². The van der Waals surface area contributed by atoms with Gasteiger partial charge >= 0.3 is 6.18 Å². The van der Waals surface area contributed by atoms with Crippen molar-refractivity contribution in [1.29, 1.82) is 0 Å². The Bertz CT molecular complexity index is 1650. The van der Waals surface area contributed by atoms with E-state index in [-0.39, 0.29) is 47.6 Å². The minimum atomic E-state index is -4.41. The van der Waals surface area contributed by atoms with Crippen LogP contribution in [0.25, 0.3) is 0 Å². The number of aliphatic hydroxyl groups is 1. The highest BCUT2D eigenvalue weighted by Crippen LogP contribution is 2.31. The van der Waals surface area contributed by atoms with Gasteiger partial charge in [0.15, 0.2) is 5.03 Å². The molecule has 0 spiro atoms. The zero-order valence-electron chi connectivity index (χ0n) is 28.5. The van der Waals surface area contributed by atoms with Gasteiger partial charge < -0.3 is 24.0 Å². The molecule has 0 fully saturated rings. The van der Waals surface area contributed by atoms with E-state index in [1.807, 2.05) is 25.8 Å². The first kappa shape index (κ1) is 38.1. The number of aliphatic hydroxyl groups excluding tert-OH is 1. The van der Waals surface area contributed by atoms with Crippen LogP contribution in [0.3, 0.4) is 0 Å². The molecule has 4 atom stereocenters.